The van der Waals surface area contributed by atoms with Crippen LogP contribution in [0.4, 0.5) is 0 Å². The summed E-state index contributed by atoms with van der Waals surface area (Å²) in [6, 6.07) is 7.25. The summed E-state index contributed by atoms with van der Waals surface area (Å²) in [7, 11) is 0. The Labute approximate surface area is 106 Å². The highest BCUT2D eigenvalue weighted by Gasteiger charge is 2.05. The Kier molecular flexibility index (Phi) is 6.62. The van der Waals surface area contributed by atoms with Crippen LogP contribution in [-0.2, 0) is 16.0 Å². The number of benzene rings is 1. The molecule has 4 nitrogen and oxygen atoms in total. The fraction of sp³-hybridized carbons (Fsp3) is 0.417. The Morgan fingerprint density at radius 2 is 2.12 bits per heavy atom. The Balaban J connectivity index is 2.23. The average molecular weight is 258 g/mol. The molecular weight excluding hydrogens is 242 g/mol. The number of amides is 1. The molecule has 0 aliphatic rings. The molecule has 2 N–H and O–H groups in total. The minimum atomic E-state index is -0.0919. The second-order valence-corrected chi connectivity index (χ2v) is 3.86. The van der Waals surface area contributed by atoms with Crippen LogP contribution >= 0.6 is 11.6 Å². The molecule has 1 aromatic carbocycles. The van der Waals surface area contributed by atoms with Gasteiger partial charge < -0.3 is 15.2 Å². The molecule has 94 valence electrons. The van der Waals surface area contributed by atoms with Crippen LogP contribution in [0.1, 0.15) is 5.56 Å². The first-order chi connectivity index (χ1) is 8.24. The van der Waals surface area contributed by atoms with E-state index >= 15 is 0 Å². The molecule has 17 heavy (non-hydrogen) atoms. The minimum Gasteiger partial charge on any atom is -0.394 e. The SMILES string of the molecule is O=C(Cc1ccccc1Cl)NCCOCCO. The highest BCUT2D eigenvalue weighted by molar-refractivity contribution is 6.31. The highest BCUT2D eigenvalue weighted by Crippen LogP contribution is 2.14. The van der Waals surface area contributed by atoms with E-state index in [4.69, 9.17) is 21.4 Å². The van der Waals surface area contributed by atoms with E-state index in [2.05, 4.69) is 5.32 Å². The van der Waals surface area contributed by atoms with Gasteiger partial charge in [0.1, 0.15) is 0 Å². The van der Waals surface area contributed by atoms with Gasteiger partial charge in [-0.2, -0.15) is 0 Å². The molecule has 0 saturated carbocycles. The van der Waals surface area contributed by atoms with Crippen LogP contribution in [0.2, 0.25) is 5.02 Å². The van der Waals surface area contributed by atoms with Gasteiger partial charge in [0.2, 0.25) is 5.91 Å². The standard InChI is InChI=1S/C12H16ClNO3/c13-11-4-2-1-3-10(11)9-12(16)14-5-7-17-8-6-15/h1-4,15H,5-9H2,(H,14,16). The number of rotatable bonds is 7. The van der Waals surface area contributed by atoms with Crippen LogP contribution in [0.25, 0.3) is 0 Å². The molecule has 1 aromatic rings. The molecule has 0 aliphatic heterocycles. The number of nitrogens with one attached hydrogen (secondary N) is 1. The lowest BCUT2D eigenvalue weighted by Crippen LogP contribution is -2.29. The monoisotopic (exact) mass is 257 g/mol. The molecule has 0 spiro atoms. The Hall–Kier alpha value is -1.10. The van der Waals surface area contributed by atoms with Gasteiger partial charge in [0, 0.05) is 11.6 Å². The third kappa shape index (κ3) is 5.68. The second-order valence-electron chi connectivity index (χ2n) is 3.45. The zero-order chi connectivity index (χ0) is 12.5. The van der Waals surface area contributed by atoms with Crippen molar-refractivity contribution in [2.75, 3.05) is 26.4 Å². The van der Waals surface area contributed by atoms with Crippen LogP contribution in [0.3, 0.4) is 0 Å². The van der Waals surface area contributed by atoms with Crippen molar-refractivity contribution >= 4 is 17.5 Å². The van der Waals surface area contributed by atoms with Crippen LogP contribution in [0.15, 0.2) is 24.3 Å². The van der Waals surface area contributed by atoms with Crippen molar-refractivity contribution in [3.8, 4) is 0 Å². The molecular formula is C12H16ClNO3. The topological polar surface area (TPSA) is 58.6 Å². The van der Waals surface area contributed by atoms with Gasteiger partial charge in [-0.05, 0) is 11.6 Å². The first-order valence-corrected chi connectivity index (χ1v) is 5.80. The number of halogens is 1. The third-order valence-electron chi connectivity index (χ3n) is 2.11. The van der Waals surface area contributed by atoms with E-state index in [0.29, 0.717) is 24.8 Å². The van der Waals surface area contributed by atoms with E-state index in [-0.39, 0.29) is 18.9 Å². The summed E-state index contributed by atoms with van der Waals surface area (Å²) in [6.07, 6.45) is 0.264. The number of hydrogen-bond acceptors (Lipinski definition) is 3. The number of aliphatic hydroxyl groups is 1. The molecule has 0 saturated heterocycles. The molecule has 0 aromatic heterocycles. The van der Waals surface area contributed by atoms with Crippen LogP contribution in [-0.4, -0.2) is 37.4 Å². The lowest BCUT2D eigenvalue weighted by molar-refractivity contribution is -0.120. The van der Waals surface area contributed by atoms with E-state index < -0.39 is 0 Å². The molecule has 0 fully saturated rings. The predicted molar refractivity (Wildman–Crippen MR) is 66.1 cm³/mol. The molecule has 0 aliphatic carbocycles. The highest BCUT2D eigenvalue weighted by atomic mass is 35.5. The quantitative estimate of drug-likeness (QED) is 0.717. The van der Waals surface area contributed by atoms with Crippen LogP contribution < -0.4 is 5.32 Å². The van der Waals surface area contributed by atoms with Crippen molar-refractivity contribution in [3.63, 3.8) is 0 Å². The summed E-state index contributed by atoms with van der Waals surface area (Å²) in [6.45, 7) is 1.12. The van der Waals surface area contributed by atoms with Crippen molar-refractivity contribution < 1.29 is 14.6 Å². The zero-order valence-corrected chi connectivity index (χ0v) is 10.2. The third-order valence-corrected chi connectivity index (χ3v) is 2.48. The Bertz CT molecular complexity index is 357. The smallest absolute Gasteiger partial charge is 0.224 e. The van der Waals surface area contributed by atoms with E-state index in [1.807, 2.05) is 18.2 Å². The van der Waals surface area contributed by atoms with Gasteiger partial charge in [0.15, 0.2) is 0 Å². The minimum absolute atomic E-state index is 0.00638. The van der Waals surface area contributed by atoms with E-state index in [9.17, 15) is 4.79 Å². The molecule has 5 heteroatoms. The maximum absolute atomic E-state index is 11.5. The number of carbonyl (C=O) groups excluding carboxylic acids is 1. The van der Waals surface area contributed by atoms with E-state index in [1.165, 1.54) is 0 Å². The van der Waals surface area contributed by atoms with Crippen molar-refractivity contribution in [1.29, 1.82) is 0 Å². The van der Waals surface area contributed by atoms with Crippen molar-refractivity contribution in [1.82, 2.24) is 5.32 Å². The molecule has 1 rings (SSSR count). The van der Waals surface area contributed by atoms with Crippen molar-refractivity contribution in [2.24, 2.45) is 0 Å². The average Bonchev–Trinajstić information content (AvgIpc) is 2.32. The van der Waals surface area contributed by atoms with Gasteiger partial charge >= 0.3 is 0 Å². The molecule has 0 unspecified atom stereocenters. The summed E-state index contributed by atoms with van der Waals surface area (Å²) < 4.78 is 5.02. The molecule has 1 amide bonds. The van der Waals surface area contributed by atoms with Crippen molar-refractivity contribution in [3.05, 3.63) is 34.9 Å². The molecule has 0 bridgehead atoms. The number of hydrogen-bond donors (Lipinski definition) is 2. The summed E-state index contributed by atoms with van der Waals surface area (Å²) >= 11 is 5.94. The number of aliphatic hydroxyl groups excluding tert-OH is 1. The van der Waals surface area contributed by atoms with E-state index in [1.54, 1.807) is 6.07 Å². The van der Waals surface area contributed by atoms with Gasteiger partial charge in [-0.1, -0.05) is 29.8 Å². The summed E-state index contributed by atoms with van der Waals surface area (Å²) in [5, 5.41) is 11.8. The van der Waals surface area contributed by atoms with Gasteiger partial charge in [-0.3, -0.25) is 4.79 Å². The lowest BCUT2D eigenvalue weighted by Gasteiger charge is -2.06. The summed E-state index contributed by atoms with van der Waals surface area (Å²) in [5.41, 5.74) is 0.808. The van der Waals surface area contributed by atoms with Crippen LogP contribution in [0.5, 0.6) is 0 Å². The normalized spacial score (nSPS) is 10.2. The first kappa shape index (κ1) is 14.0. The number of carbonyl (C=O) groups is 1. The Morgan fingerprint density at radius 1 is 1.35 bits per heavy atom. The van der Waals surface area contributed by atoms with E-state index in [0.717, 1.165) is 5.56 Å². The predicted octanol–water partition coefficient (Wildman–Crippen LogP) is 1.01. The largest absolute Gasteiger partial charge is 0.394 e. The Morgan fingerprint density at radius 3 is 2.82 bits per heavy atom. The van der Waals surface area contributed by atoms with Crippen LogP contribution in [0, 0.1) is 0 Å². The fourth-order valence-electron chi connectivity index (χ4n) is 1.31. The van der Waals surface area contributed by atoms with Gasteiger partial charge in [-0.15, -0.1) is 0 Å². The van der Waals surface area contributed by atoms with Gasteiger partial charge in [0.05, 0.1) is 26.2 Å². The maximum Gasteiger partial charge on any atom is 0.224 e. The molecule has 0 radical (unpaired) electrons. The van der Waals surface area contributed by atoms with Crippen molar-refractivity contribution in [2.45, 2.75) is 6.42 Å². The number of ether oxygens (including phenoxy) is 1. The van der Waals surface area contributed by atoms with Gasteiger partial charge in [-0.25, -0.2) is 0 Å². The molecule has 0 heterocycles. The first-order valence-electron chi connectivity index (χ1n) is 5.42. The zero-order valence-electron chi connectivity index (χ0n) is 9.49. The summed E-state index contributed by atoms with van der Waals surface area (Å²) in [5.74, 6) is -0.0919. The maximum atomic E-state index is 11.5. The second kappa shape index (κ2) is 8.06. The fourth-order valence-corrected chi connectivity index (χ4v) is 1.51. The lowest BCUT2D eigenvalue weighted by atomic mass is 10.1. The molecule has 0 atom stereocenters. The van der Waals surface area contributed by atoms with Gasteiger partial charge in [0.25, 0.3) is 0 Å². The summed E-state index contributed by atoms with van der Waals surface area (Å²) in [4.78, 5) is 11.5.